The molecule has 3 heteroatoms. The molecule has 0 saturated carbocycles. The van der Waals surface area contributed by atoms with Crippen LogP contribution in [0.3, 0.4) is 0 Å². The fourth-order valence-corrected chi connectivity index (χ4v) is 2.99. The number of carbonyl (C=O) groups is 1. The van der Waals surface area contributed by atoms with Crippen LogP contribution in [0.25, 0.3) is 0 Å². The van der Waals surface area contributed by atoms with Gasteiger partial charge in [-0.1, -0.05) is 59.7 Å². The van der Waals surface area contributed by atoms with Crippen LogP contribution in [0.4, 0.5) is 0 Å². The van der Waals surface area contributed by atoms with Gasteiger partial charge in [-0.15, -0.1) is 0 Å². The summed E-state index contributed by atoms with van der Waals surface area (Å²) in [6, 6.07) is 15.3. The van der Waals surface area contributed by atoms with Gasteiger partial charge < -0.3 is 9.47 Å². The second kappa shape index (κ2) is 5.79. The summed E-state index contributed by atoms with van der Waals surface area (Å²) in [4.78, 5) is 13.5. The Bertz CT molecular complexity index is 767. The molecule has 0 aliphatic carbocycles. The van der Waals surface area contributed by atoms with Gasteiger partial charge in [-0.25, -0.2) is 0 Å². The van der Waals surface area contributed by atoms with Gasteiger partial charge in [0.15, 0.2) is 0 Å². The molecule has 25 heavy (non-hydrogen) atoms. The molecule has 1 fully saturated rings. The molecule has 2 aromatic carbocycles. The monoisotopic (exact) mass is 338 g/mol. The van der Waals surface area contributed by atoms with Crippen molar-refractivity contribution in [2.75, 3.05) is 0 Å². The first-order valence-corrected chi connectivity index (χ1v) is 8.66. The molecule has 0 N–H and O–H groups in total. The molecule has 0 atom stereocenters. The normalized spacial score (nSPS) is 20.4. The molecular weight excluding hydrogens is 312 g/mol. The van der Waals surface area contributed by atoms with E-state index in [4.69, 9.17) is 9.47 Å². The highest BCUT2D eigenvalue weighted by Crippen LogP contribution is 2.50. The molecule has 0 spiro atoms. The Morgan fingerprint density at radius 2 is 1.12 bits per heavy atom. The number of carbonyl (C=O) groups excluding carboxylic acids is 1. The van der Waals surface area contributed by atoms with Crippen molar-refractivity contribution in [1.82, 2.24) is 0 Å². The number of rotatable bonds is 3. The van der Waals surface area contributed by atoms with E-state index in [1.165, 1.54) is 0 Å². The first-order valence-electron chi connectivity index (χ1n) is 8.66. The predicted molar refractivity (Wildman–Crippen MR) is 98.7 cm³/mol. The van der Waals surface area contributed by atoms with Crippen LogP contribution in [0.2, 0.25) is 0 Å². The number of hydrogen-bond donors (Lipinski definition) is 0. The number of ketones is 1. The van der Waals surface area contributed by atoms with Crippen molar-refractivity contribution in [3.05, 3.63) is 70.8 Å². The SMILES string of the molecule is Cc1ccc(C(=O)C2(c3ccc(C)cc3)OC(C)(C)C(C)(C)O2)cc1. The standard InChI is InChI=1S/C22H26O3/c1-15-7-11-17(12-8-15)19(23)22(18-13-9-16(2)10-14-18)24-20(3,4)21(5,6)25-22/h7-14H,1-6H3. The van der Waals surface area contributed by atoms with Crippen molar-refractivity contribution in [3.8, 4) is 0 Å². The Hall–Kier alpha value is -1.97. The van der Waals surface area contributed by atoms with Crippen LogP contribution in [-0.4, -0.2) is 17.0 Å². The Labute approximate surface area is 150 Å². The first kappa shape index (κ1) is 17.8. The molecule has 1 heterocycles. The number of aryl methyl sites for hydroxylation is 2. The van der Waals surface area contributed by atoms with Crippen molar-refractivity contribution in [3.63, 3.8) is 0 Å². The van der Waals surface area contributed by atoms with E-state index in [2.05, 4.69) is 0 Å². The molecule has 3 rings (SSSR count). The lowest BCUT2D eigenvalue weighted by atomic mass is 9.90. The molecule has 2 aromatic rings. The van der Waals surface area contributed by atoms with Crippen LogP contribution >= 0.6 is 0 Å². The minimum atomic E-state index is -1.43. The quantitative estimate of drug-likeness (QED) is 0.743. The lowest BCUT2D eigenvalue weighted by molar-refractivity contribution is -0.162. The largest absolute Gasteiger partial charge is 0.331 e. The van der Waals surface area contributed by atoms with Gasteiger partial charge in [0.1, 0.15) is 0 Å². The average molecular weight is 338 g/mol. The van der Waals surface area contributed by atoms with Gasteiger partial charge in [-0.3, -0.25) is 4.79 Å². The average Bonchev–Trinajstić information content (AvgIpc) is 2.74. The minimum absolute atomic E-state index is 0.171. The van der Waals surface area contributed by atoms with E-state index in [1.54, 1.807) is 0 Å². The van der Waals surface area contributed by atoms with Gasteiger partial charge in [0.2, 0.25) is 5.78 Å². The van der Waals surface area contributed by atoms with E-state index in [0.717, 1.165) is 16.7 Å². The topological polar surface area (TPSA) is 35.5 Å². The van der Waals surface area contributed by atoms with Gasteiger partial charge in [-0.2, -0.15) is 0 Å². The van der Waals surface area contributed by atoms with Crippen molar-refractivity contribution in [2.45, 2.75) is 58.5 Å². The molecule has 3 nitrogen and oxygen atoms in total. The van der Waals surface area contributed by atoms with E-state index in [-0.39, 0.29) is 5.78 Å². The van der Waals surface area contributed by atoms with Crippen LogP contribution in [0.15, 0.2) is 48.5 Å². The maximum atomic E-state index is 13.5. The second-order valence-corrected chi connectivity index (χ2v) is 7.90. The smallest absolute Gasteiger partial charge is 0.262 e. The second-order valence-electron chi connectivity index (χ2n) is 7.90. The number of hydrogen-bond acceptors (Lipinski definition) is 3. The summed E-state index contributed by atoms with van der Waals surface area (Å²) in [5.41, 5.74) is 2.31. The molecule has 0 amide bonds. The van der Waals surface area contributed by atoms with Crippen molar-refractivity contribution < 1.29 is 14.3 Å². The van der Waals surface area contributed by atoms with Gasteiger partial charge in [0.25, 0.3) is 5.79 Å². The van der Waals surface area contributed by atoms with Crippen LogP contribution < -0.4 is 0 Å². The van der Waals surface area contributed by atoms with Crippen LogP contribution in [0.1, 0.15) is 54.7 Å². The van der Waals surface area contributed by atoms with E-state index >= 15 is 0 Å². The Morgan fingerprint density at radius 3 is 1.56 bits per heavy atom. The molecule has 132 valence electrons. The van der Waals surface area contributed by atoms with E-state index < -0.39 is 17.0 Å². The zero-order valence-electron chi connectivity index (χ0n) is 15.8. The highest BCUT2D eigenvalue weighted by atomic mass is 16.8. The lowest BCUT2D eigenvalue weighted by Crippen LogP contribution is -2.41. The van der Waals surface area contributed by atoms with Crippen molar-refractivity contribution in [1.29, 1.82) is 0 Å². The van der Waals surface area contributed by atoms with Crippen LogP contribution in [-0.2, 0) is 15.3 Å². The third-order valence-corrected chi connectivity index (χ3v) is 5.29. The van der Waals surface area contributed by atoms with E-state index in [9.17, 15) is 4.79 Å². The summed E-state index contributed by atoms with van der Waals surface area (Å²) >= 11 is 0. The molecule has 1 saturated heterocycles. The summed E-state index contributed by atoms with van der Waals surface area (Å²) in [5.74, 6) is -1.61. The van der Waals surface area contributed by atoms with Crippen LogP contribution in [0, 0.1) is 13.8 Å². The number of ether oxygens (including phenoxy) is 2. The molecule has 1 aliphatic heterocycles. The van der Waals surface area contributed by atoms with Gasteiger partial charge in [0.05, 0.1) is 11.2 Å². The maximum Gasteiger partial charge on any atom is 0.262 e. The third-order valence-electron chi connectivity index (χ3n) is 5.29. The van der Waals surface area contributed by atoms with E-state index in [0.29, 0.717) is 5.56 Å². The summed E-state index contributed by atoms with van der Waals surface area (Å²) in [6.45, 7) is 11.9. The van der Waals surface area contributed by atoms with Gasteiger partial charge >= 0.3 is 0 Å². The molecule has 0 aromatic heterocycles. The Balaban J connectivity index is 2.15. The molecule has 0 bridgehead atoms. The number of Topliss-reactive ketones (excluding diaryl/α,β-unsaturated/α-hetero) is 1. The highest BCUT2D eigenvalue weighted by molar-refractivity contribution is 6.02. The fourth-order valence-electron chi connectivity index (χ4n) is 2.99. The summed E-state index contributed by atoms with van der Waals surface area (Å²) in [7, 11) is 0. The molecular formula is C22H26O3. The molecule has 0 radical (unpaired) electrons. The van der Waals surface area contributed by atoms with Gasteiger partial charge in [0, 0.05) is 11.1 Å². The first-order chi connectivity index (χ1) is 11.6. The zero-order valence-corrected chi connectivity index (χ0v) is 15.8. The third kappa shape index (κ3) is 2.92. The minimum Gasteiger partial charge on any atom is -0.331 e. The van der Waals surface area contributed by atoms with Crippen molar-refractivity contribution in [2.24, 2.45) is 0 Å². The zero-order chi connectivity index (χ0) is 18.5. The van der Waals surface area contributed by atoms with Gasteiger partial charge in [-0.05, 0) is 41.5 Å². The van der Waals surface area contributed by atoms with E-state index in [1.807, 2.05) is 90.1 Å². The number of benzene rings is 2. The highest BCUT2D eigenvalue weighted by Gasteiger charge is 2.61. The summed E-state index contributed by atoms with van der Waals surface area (Å²) in [5, 5.41) is 0. The lowest BCUT2D eigenvalue weighted by Gasteiger charge is -2.30. The Morgan fingerprint density at radius 1 is 0.720 bits per heavy atom. The summed E-state index contributed by atoms with van der Waals surface area (Å²) in [6.07, 6.45) is 0. The summed E-state index contributed by atoms with van der Waals surface area (Å²) < 4.78 is 12.7. The fraction of sp³-hybridized carbons (Fsp3) is 0.409. The van der Waals surface area contributed by atoms with Crippen LogP contribution in [0.5, 0.6) is 0 Å². The Kier molecular flexibility index (Phi) is 4.13. The molecule has 0 unspecified atom stereocenters. The maximum absolute atomic E-state index is 13.5. The predicted octanol–water partition coefficient (Wildman–Crippen LogP) is 4.94. The van der Waals surface area contributed by atoms with Crippen molar-refractivity contribution >= 4 is 5.78 Å². The molecule has 1 aliphatic rings.